The second-order valence-corrected chi connectivity index (χ2v) is 7.83. The Morgan fingerprint density at radius 2 is 1.67 bits per heavy atom. The van der Waals surface area contributed by atoms with Gasteiger partial charge in [-0.3, -0.25) is 19.2 Å². The minimum Gasteiger partial charge on any atom is -0.507 e. The quantitative estimate of drug-likeness (QED) is 0.253. The summed E-state index contributed by atoms with van der Waals surface area (Å²) in [5, 5.41) is 53.1. The number of amides is 1. The van der Waals surface area contributed by atoms with Crippen LogP contribution in [-0.4, -0.2) is 54.4 Å². The first kappa shape index (κ1) is 19.8. The number of hydrogen-bond acceptors (Lipinski definition) is 9. The highest BCUT2D eigenvalue weighted by Gasteiger charge is 2.67. The van der Waals surface area contributed by atoms with E-state index < -0.39 is 81.1 Å². The molecule has 3 aliphatic rings. The molecule has 0 unspecified atom stereocenters. The van der Waals surface area contributed by atoms with Crippen LogP contribution in [0.3, 0.4) is 0 Å². The molecule has 10 nitrogen and oxygen atoms in total. The van der Waals surface area contributed by atoms with Crippen LogP contribution in [0.1, 0.15) is 24.5 Å². The predicted octanol–water partition coefficient (Wildman–Crippen LogP) is -0.732. The monoisotopic (exact) mass is 415 g/mol. The molecular formula is C20H17NO9. The van der Waals surface area contributed by atoms with Gasteiger partial charge in [0.2, 0.25) is 23.0 Å². The highest BCUT2D eigenvalue weighted by molar-refractivity contribution is 6.37. The summed E-state index contributed by atoms with van der Waals surface area (Å²) in [7, 11) is 0. The Morgan fingerprint density at radius 1 is 1.03 bits per heavy atom. The van der Waals surface area contributed by atoms with Crippen LogP contribution in [0.5, 0.6) is 5.75 Å². The maximum atomic E-state index is 13.3. The average Bonchev–Trinajstić information content (AvgIpc) is 2.66. The van der Waals surface area contributed by atoms with Crippen LogP contribution in [0, 0.1) is 11.8 Å². The number of fused-ring (bicyclic) bond motifs is 3. The molecule has 7 N–H and O–H groups in total. The molecule has 1 amide bonds. The molecule has 10 heteroatoms. The Bertz CT molecular complexity index is 1140. The Hall–Kier alpha value is -3.50. The van der Waals surface area contributed by atoms with Crippen molar-refractivity contribution in [2.24, 2.45) is 17.6 Å². The lowest BCUT2D eigenvalue weighted by molar-refractivity contribution is -0.166. The molecule has 0 aromatic heterocycles. The number of phenols is 1. The first-order valence-corrected chi connectivity index (χ1v) is 8.94. The summed E-state index contributed by atoms with van der Waals surface area (Å²) in [6, 6.07) is 4.02. The van der Waals surface area contributed by atoms with Crippen molar-refractivity contribution in [1.29, 1.82) is 0 Å². The molecule has 0 bridgehead atoms. The predicted molar refractivity (Wildman–Crippen MR) is 97.6 cm³/mol. The summed E-state index contributed by atoms with van der Waals surface area (Å²) in [5.74, 6) is -11.3. The van der Waals surface area contributed by atoms with Gasteiger partial charge in [0.25, 0.3) is 5.91 Å². The summed E-state index contributed by atoms with van der Waals surface area (Å²) in [6.45, 7) is 1.29. The fourth-order valence-electron chi connectivity index (χ4n) is 4.74. The third-order valence-electron chi connectivity index (χ3n) is 6.28. The zero-order valence-corrected chi connectivity index (χ0v) is 15.5. The molecule has 1 aromatic carbocycles. The molecule has 3 aliphatic carbocycles. The maximum absolute atomic E-state index is 13.3. The Balaban J connectivity index is 2.02. The number of ketones is 3. The topological polar surface area (TPSA) is 195 Å². The zero-order valence-electron chi connectivity index (χ0n) is 15.5. The van der Waals surface area contributed by atoms with Gasteiger partial charge in [-0.05, 0) is 25.0 Å². The summed E-state index contributed by atoms with van der Waals surface area (Å²) in [6.07, 6.45) is -0.510. The molecule has 4 atom stereocenters. The summed E-state index contributed by atoms with van der Waals surface area (Å²) in [4.78, 5) is 50.3. The summed E-state index contributed by atoms with van der Waals surface area (Å²) >= 11 is 0. The van der Waals surface area contributed by atoms with Gasteiger partial charge in [-0.2, -0.15) is 0 Å². The van der Waals surface area contributed by atoms with Gasteiger partial charge < -0.3 is 31.3 Å². The standard InChI is InChI=1S/C20H17NO9/c1-19(29)6-3-2-4-9(22)10(6)14(24)11-7(19)5-8-13(23)15(25)12(18(21)28)17(27)20(8,30)16(11)26/h2-4,7-8,22,24-25,29-30H,5H2,1H3,(H2,21,28)/t7-,8-,19+,20-/m0/s1. The van der Waals surface area contributed by atoms with Crippen LogP contribution in [0.2, 0.25) is 0 Å². The van der Waals surface area contributed by atoms with E-state index in [4.69, 9.17) is 5.73 Å². The van der Waals surface area contributed by atoms with E-state index in [2.05, 4.69) is 0 Å². The van der Waals surface area contributed by atoms with Crippen molar-refractivity contribution in [2.75, 3.05) is 0 Å². The number of benzene rings is 1. The van der Waals surface area contributed by atoms with Crippen molar-refractivity contribution in [3.8, 4) is 5.75 Å². The van der Waals surface area contributed by atoms with Gasteiger partial charge in [0.15, 0.2) is 5.76 Å². The Labute approximate surface area is 168 Å². The number of nitrogens with two attached hydrogens (primary N) is 1. The molecule has 0 heterocycles. The first-order valence-electron chi connectivity index (χ1n) is 8.94. The minimum atomic E-state index is -3.11. The van der Waals surface area contributed by atoms with E-state index in [0.717, 1.165) is 0 Å². The van der Waals surface area contributed by atoms with Crippen molar-refractivity contribution >= 4 is 29.0 Å². The van der Waals surface area contributed by atoms with Gasteiger partial charge in [0.1, 0.15) is 17.1 Å². The van der Waals surface area contributed by atoms with Crippen molar-refractivity contribution in [1.82, 2.24) is 0 Å². The van der Waals surface area contributed by atoms with E-state index in [1.165, 1.54) is 25.1 Å². The first-order chi connectivity index (χ1) is 13.9. The summed E-state index contributed by atoms with van der Waals surface area (Å²) < 4.78 is 0. The molecule has 0 saturated heterocycles. The molecule has 0 aliphatic heterocycles. The van der Waals surface area contributed by atoms with Crippen LogP contribution in [0.4, 0.5) is 0 Å². The molecule has 1 saturated carbocycles. The normalized spacial score (nSPS) is 33.2. The van der Waals surface area contributed by atoms with Gasteiger partial charge in [-0.1, -0.05) is 12.1 Å². The Kier molecular flexibility index (Phi) is 3.81. The lowest BCUT2D eigenvalue weighted by atomic mass is 9.55. The third-order valence-corrected chi connectivity index (χ3v) is 6.28. The highest BCUT2D eigenvalue weighted by atomic mass is 16.3. The van der Waals surface area contributed by atoms with Gasteiger partial charge in [-0.25, -0.2) is 0 Å². The van der Waals surface area contributed by atoms with E-state index in [1.807, 2.05) is 0 Å². The van der Waals surface area contributed by atoms with Gasteiger partial charge in [-0.15, -0.1) is 0 Å². The van der Waals surface area contributed by atoms with Crippen LogP contribution >= 0.6 is 0 Å². The number of phenolic OH excluding ortho intramolecular Hbond substituents is 1. The minimum absolute atomic E-state index is 0.0687. The lowest BCUT2D eigenvalue weighted by Gasteiger charge is -2.49. The number of carbonyl (C=O) groups excluding carboxylic acids is 4. The van der Waals surface area contributed by atoms with Crippen LogP contribution in [0.25, 0.3) is 5.76 Å². The van der Waals surface area contributed by atoms with E-state index in [9.17, 15) is 44.7 Å². The number of carbonyl (C=O) groups is 4. The zero-order chi connectivity index (χ0) is 22.3. The van der Waals surface area contributed by atoms with E-state index >= 15 is 0 Å². The van der Waals surface area contributed by atoms with E-state index in [-0.39, 0.29) is 11.1 Å². The molecule has 156 valence electrons. The van der Waals surface area contributed by atoms with Crippen molar-refractivity contribution in [3.63, 3.8) is 0 Å². The van der Waals surface area contributed by atoms with Gasteiger partial charge in [0, 0.05) is 11.5 Å². The highest BCUT2D eigenvalue weighted by Crippen LogP contribution is 2.55. The van der Waals surface area contributed by atoms with Crippen LogP contribution < -0.4 is 5.73 Å². The van der Waals surface area contributed by atoms with Gasteiger partial charge in [0.05, 0.1) is 17.1 Å². The number of rotatable bonds is 1. The van der Waals surface area contributed by atoms with Crippen LogP contribution in [-0.2, 0) is 24.8 Å². The second-order valence-electron chi connectivity index (χ2n) is 7.83. The number of aliphatic hydroxyl groups excluding tert-OH is 2. The van der Waals surface area contributed by atoms with Gasteiger partial charge >= 0.3 is 0 Å². The Morgan fingerprint density at radius 3 is 2.27 bits per heavy atom. The molecule has 4 rings (SSSR count). The van der Waals surface area contributed by atoms with Crippen molar-refractivity contribution < 1.29 is 44.7 Å². The third kappa shape index (κ3) is 2.09. The molecule has 0 spiro atoms. The van der Waals surface area contributed by atoms with E-state index in [0.29, 0.717) is 0 Å². The number of Topliss-reactive ketones (excluding diaryl/α,β-unsaturated/α-hetero) is 3. The molecule has 1 fully saturated rings. The van der Waals surface area contributed by atoms with Crippen molar-refractivity contribution in [3.05, 3.63) is 46.2 Å². The fourth-order valence-corrected chi connectivity index (χ4v) is 4.74. The van der Waals surface area contributed by atoms with Crippen molar-refractivity contribution in [2.45, 2.75) is 24.5 Å². The second kappa shape index (κ2) is 5.77. The average molecular weight is 415 g/mol. The summed E-state index contributed by atoms with van der Waals surface area (Å²) in [5.41, 5.74) is -1.93. The SMILES string of the molecule is C[C@@]1(O)c2cccc(O)c2C(O)=C2C(=O)[C@]3(O)C(=O)C(C(N)=O)=C(O)C(=O)[C@@H]3C[C@@H]21. The fraction of sp³-hybridized carbons (Fsp3) is 0.300. The number of primary amides is 1. The number of allylic oxidation sites excluding steroid dienone is 1. The largest absolute Gasteiger partial charge is 0.507 e. The number of aromatic hydroxyl groups is 1. The molecule has 0 radical (unpaired) electrons. The van der Waals surface area contributed by atoms with E-state index in [1.54, 1.807) is 0 Å². The number of aliphatic hydroxyl groups is 4. The number of hydrogen-bond donors (Lipinski definition) is 6. The molecule has 30 heavy (non-hydrogen) atoms. The lowest BCUT2D eigenvalue weighted by Crippen LogP contribution is -2.65. The maximum Gasteiger partial charge on any atom is 0.256 e. The van der Waals surface area contributed by atoms with Crippen LogP contribution in [0.15, 0.2) is 35.1 Å². The molecule has 1 aromatic rings. The smallest absolute Gasteiger partial charge is 0.256 e. The molecular weight excluding hydrogens is 398 g/mol.